The van der Waals surface area contributed by atoms with Gasteiger partial charge in [0, 0.05) is 11.3 Å². The van der Waals surface area contributed by atoms with Gasteiger partial charge in [0.15, 0.2) is 0 Å². The molecule has 2 aromatic rings. The van der Waals surface area contributed by atoms with Crippen LogP contribution >= 0.6 is 0 Å². The zero-order valence-corrected chi connectivity index (χ0v) is 10.3. The van der Waals surface area contributed by atoms with Gasteiger partial charge < -0.3 is 10.4 Å². The summed E-state index contributed by atoms with van der Waals surface area (Å²) in [4.78, 5) is 16.1. The molecule has 0 saturated carbocycles. The van der Waals surface area contributed by atoms with Gasteiger partial charge in [0.25, 0.3) is 5.91 Å². The Morgan fingerprint density at radius 1 is 1.22 bits per heavy atom. The van der Waals surface area contributed by atoms with E-state index in [2.05, 4.69) is 10.3 Å². The smallest absolute Gasteiger partial charge is 0.255 e. The standard InChI is InChI=1S/C14H14N2O2/c1-9-7-12(17)5-6-13(9)14(18)16-11-4-3-10(2)15-8-11/h3-8,17H,1-2H3,(H,16,18). The molecule has 0 spiro atoms. The van der Waals surface area contributed by atoms with E-state index in [0.717, 1.165) is 11.3 Å². The molecule has 0 bridgehead atoms. The summed E-state index contributed by atoms with van der Waals surface area (Å²) in [7, 11) is 0. The highest BCUT2D eigenvalue weighted by Crippen LogP contribution is 2.17. The Morgan fingerprint density at radius 2 is 2.00 bits per heavy atom. The van der Waals surface area contributed by atoms with E-state index in [1.165, 1.54) is 6.07 Å². The number of nitrogens with one attached hydrogen (secondary N) is 1. The van der Waals surface area contributed by atoms with Crippen LogP contribution in [-0.2, 0) is 0 Å². The largest absolute Gasteiger partial charge is 0.508 e. The third-order valence-corrected chi connectivity index (χ3v) is 2.62. The van der Waals surface area contributed by atoms with Gasteiger partial charge in [-0.1, -0.05) is 0 Å². The Morgan fingerprint density at radius 3 is 2.61 bits per heavy atom. The number of amides is 1. The van der Waals surface area contributed by atoms with Crippen molar-refractivity contribution in [3.05, 3.63) is 53.3 Å². The molecule has 2 N–H and O–H groups in total. The maximum atomic E-state index is 12.0. The molecule has 1 aromatic carbocycles. The lowest BCUT2D eigenvalue weighted by molar-refractivity contribution is 0.102. The highest BCUT2D eigenvalue weighted by molar-refractivity contribution is 6.05. The number of phenols is 1. The van der Waals surface area contributed by atoms with E-state index in [-0.39, 0.29) is 11.7 Å². The SMILES string of the molecule is Cc1ccc(NC(=O)c2ccc(O)cc2C)cn1. The summed E-state index contributed by atoms with van der Waals surface area (Å²) in [5.41, 5.74) is 2.81. The van der Waals surface area contributed by atoms with Crippen LogP contribution in [0.5, 0.6) is 5.75 Å². The highest BCUT2D eigenvalue weighted by atomic mass is 16.3. The molecule has 0 aliphatic rings. The van der Waals surface area contributed by atoms with E-state index in [9.17, 15) is 9.90 Å². The monoisotopic (exact) mass is 242 g/mol. The minimum atomic E-state index is -0.210. The van der Waals surface area contributed by atoms with Crippen LogP contribution < -0.4 is 5.32 Å². The van der Waals surface area contributed by atoms with Crippen LogP contribution in [0, 0.1) is 13.8 Å². The van der Waals surface area contributed by atoms with E-state index >= 15 is 0 Å². The van der Waals surface area contributed by atoms with Crippen LogP contribution in [0.1, 0.15) is 21.6 Å². The van der Waals surface area contributed by atoms with Crippen molar-refractivity contribution in [2.75, 3.05) is 5.32 Å². The fraction of sp³-hybridized carbons (Fsp3) is 0.143. The van der Waals surface area contributed by atoms with Crippen LogP contribution in [0.3, 0.4) is 0 Å². The molecule has 0 fully saturated rings. The molecule has 0 radical (unpaired) electrons. The van der Waals surface area contributed by atoms with Crippen LogP contribution in [0.2, 0.25) is 0 Å². The van der Waals surface area contributed by atoms with Crippen molar-refractivity contribution in [3.8, 4) is 5.75 Å². The Hall–Kier alpha value is -2.36. The maximum absolute atomic E-state index is 12.0. The molecule has 0 atom stereocenters. The molecule has 1 amide bonds. The Kier molecular flexibility index (Phi) is 3.28. The van der Waals surface area contributed by atoms with Gasteiger partial charge in [-0.15, -0.1) is 0 Å². The summed E-state index contributed by atoms with van der Waals surface area (Å²) in [6.45, 7) is 3.66. The first-order valence-electron chi connectivity index (χ1n) is 5.60. The second-order valence-corrected chi connectivity index (χ2v) is 4.14. The minimum Gasteiger partial charge on any atom is -0.508 e. The number of carbonyl (C=O) groups is 1. The van der Waals surface area contributed by atoms with E-state index in [4.69, 9.17) is 0 Å². The molecule has 0 aliphatic carbocycles. The quantitative estimate of drug-likeness (QED) is 0.851. The number of hydrogen-bond donors (Lipinski definition) is 2. The number of aryl methyl sites for hydroxylation is 2. The number of nitrogens with zero attached hydrogens (tertiary/aromatic N) is 1. The molecule has 4 nitrogen and oxygen atoms in total. The second kappa shape index (κ2) is 4.87. The van der Waals surface area contributed by atoms with Gasteiger partial charge in [-0.2, -0.15) is 0 Å². The molecule has 4 heteroatoms. The number of aromatic hydroxyl groups is 1. The number of anilines is 1. The van der Waals surface area contributed by atoms with Crippen molar-refractivity contribution in [1.29, 1.82) is 0 Å². The summed E-state index contributed by atoms with van der Waals surface area (Å²) in [5.74, 6) is -0.0563. The average Bonchev–Trinajstić information content (AvgIpc) is 2.32. The van der Waals surface area contributed by atoms with Gasteiger partial charge in [-0.3, -0.25) is 9.78 Å². The zero-order chi connectivity index (χ0) is 13.1. The number of rotatable bonds is 2. The lowest BCUT2D eigenvalue weighted by Gasteiger charge is -2.07. The molecule has 0 unspecified atom stereocenters. The van der Waals surface area contributed by atoms with E-state index in [1.54, 1.807) is 31.3 Å². The number of benzene rings is 1. The molecular formula is C14H14N2O2. The van der Waals surface area contributed by atoms with E-state index in [1.807, 2.05) is 13.0 Å². The topological polar surface area (TPSA) is 62.2 Å². The van der Waals surface area contributed by atoms with Crippen molar-refractivity contribution >= 4 is 11.6 Å². The number of pyridine rings is 1. The zero-order valence-electron chi connectivity index (χ0n) is 10.3. The summed E-state index contributed by atoms with van der Waals surface area (Å²) in [6, 6.07) is 8.29. The van der Waals surface area contributed by atoms with Crippen molar-refractivity contribution in [3.63, 3.8) is 0 Å². The number of phenolic OH excluding ortho intramolecular Hbond substituents is 1. The second-order valence-electron chi connectivity index (χ2n) is 4.14. The highest BCUT2D eigenvalue weighted by Gasteiger charge is 2.09. The first-order chi connectivity index (χ1) is 8.56. The number of hydrogen-bond acceptors (Lipinski definition) is 3. The van der Waals surface area contributed by atoms with Gasteiger partial charge in [0.1, 0.15) is 5.75 Å². The molecule has 92 valence electrons. The van der Waals surface area contributed by atoms with Gasteiger partial charge in [0.05, 0.1) is 11.9 Å². The summed E-state index contributed by atoms with van der Waals surface area (Å²) < 4.78 is 0. The van der Waals surface area contributed by atoms with Crippen molar-refractivity contribution in [1.82, 2.24) is 4.98 Å². The van der Waals surface area contributed by atoms with Crippen molar-refractivity contribution in [2.24, 2.45) is 0 Å². The van der Waals surface area contributed by atoms with Gasteiger partial charge in [0.2, 0.25) is 0 Å². The average molecular weight is 242 g/mol. The maximum Gasteiger partial charge on any atom is 0.255 e. The Balaban J connectivity index is 2.19. The Labute approximate surface area is 105 Å². The van der Waals surface area contributed by atoms with Gasteiger partial charge in [-0.05, 0) is 49.7 Å². The van der Waals surface area contributed by atoms with Crippen LogP contribution in [0.4, 0.5) is 5.69 Å². The lowest BCUT2D eigenvalue weighted by atomic mass is 10.1. The normalized spacial score (nSPS) is 10.1. The van der Waals surface area contributed by atoms with Crippen LogP contribution in [-0.4, -0.2) is 16.0 Å². The first-order valence-corrected chi connectivity index (χ1v) is 5.60. The molecule has 1 heterocycles. The third kappa shape index (κ3) is 2.66. The fourth-order valence-corrected chi connectivity index (χ4v) is 1.64. The van der Waals surface area contributed by atoms with Crippen molar-refractivity contribution < 1.29 is 9.90 Å². The Bertz CT molecular complexity index is 577. The molecule has 18 heavy (non-hydrogen) atoms. The van der Waals surface area contributed by atoms with Gasteiger partial charge >= 0.3 is 0 Å². The lowest BCUT2D eigenvalue weighted by Crippen LogP contribution is -2.13. The number of carbonyl (C=O) groups excluding carboxylic acids is 1. The number of aromatic nitrogens is 1. The van der Waals surface area contributed by atoms with Crippen molar-refractivity contribution in [2.45, 2.75) is 13.8 Å². The third-order valence-electron chi connectivity index (χ3n) is 2.62. The molecule has 1 aromatic heterocycles. The van der Waals surface area contributed by atoms with E-state index in [0.29, 0.717) is 11.3 Å². The predicted octanol–water partition coefficient (Wildman–Crippen LogP) is 2.66. The van der Waals surface area contributed by atoms with E-state index < -0.39 is 0 Å². The fourth-order valence-electron chi connectivity index (χ4n) is 1.64. The van der Waals surface area contributed by atoms with Crippen LogP contribution in [0.25, 0.3) is 0 Å². The molecule has 2 rings (SSSR count). The molecular weight excluding hydrogens is 228 g/mol. The van der Waals surface area contributed by atoms with Gasteiger partial charge in [-0.25, -0.2) is 0 Å². The van der Waals surface area contributed by atoms with Crippen LogP contribution in [0.15, 0.2) is 36.5 Å². The predicted molar refractivity (Wildman–Crippen MR) is 69.8 cm³/mol. The minimum absolute atomic E-state index is 0.154. The first kappa shape index (κ1) is 12.1. The molecule has 0 aliphatic heterocycles. The summed E-state index contributed by atoms with van der Waals surface area (Å²) in [6.07, 6.45) is 1.61. The summed E-state index contributed by atoms with van der Waals surface area (Å²) in [5, 5.41) is 12.1. The molecule has 0 saturated heterocycles. The summed E-state index contributed by atoms with van der Waals surface area (Å²) >= 11 is 0.